The zero-order valence-corrected chi connectivity index (χ0v) is 14.3. The minimum absolute atomic E-state index is 0.0259. The van der Waals surface area contributed by atoms with E-state index in [1.54, 1.807) is 0 Å². The zero-order chi connectivity index (χ0) is 19.8. The fraction of sp³-hybridized carbons (Fsp3) is 0.111. The summed E-state index contributed by atoms with van der Waals surface area (Å²) in [5.74, 6) is -2.11. The summed E-state index contributed by atoms with van der Waals surface area (Å²) in [6.07, 6.45) is -3.23. The van der Waals surface area contributed by atoms with Crippen molar-refractivity contribution >= 4 is 29.0 Å². The van der Waals surface area contributed by atoms with Gasteiger partial charge in [0.15, 0.2) is 11.6 Å². The molecule has 140 valence electrons. The Morgan fingerprint density at radius 1 is 1.11 bits per heavy atom. The predicted molar refractivity (Wildman–Crippen MR) is 91.0 cm³/mol. The summed E-state index contributed by atoms with van der Waals surface area (Å²) in [5.41, 5.74) is -0.407. The van der Waals surface area contributed by atoms with Crippen LogP contribution in [0.4, 0.5) is 22.4 Å². The van der Waals surface area contributed by atoms with Gasteiger partial charge in [-0.15, -0.1) is 0 Å². The number of hydrogen-bond acceptors (Lipinski definition) is 4. The Kier molecular flexibility index (Phi) is 4.97. The highest BCUT2D eigenvalue weighted by Crippen LogP contribution is 2.35. The molecule has 1 aliphatic heterocycles. The van der Waals surface area contributed by atoms with Crippen molar-refractivity contribution in [2.45, 2.75) is 12.7 Å². The van der Waals surface area contributed by atoms with E-state index in [1.165, 1.54) is 24.3 Å². The first-order valence-corrected chi connectivity index (χ1v) is 8.37. The number of nitrogens with zero attached hydrogens (tertiary/aromatic N) is 1. The molecule has 0 radical (unpaired) electrons. The molecule has 1 aliphatic rings. The molecule has 0 spiro atoms. The zero-order valence-electron chi connectivity index (χ0n) is 13.5. The SMILES string of the molecule is O=C1SC(=Cc2ccc(F)c(O)c2)C(=O)N1Cc1cccc(C(F)(F)F)c1. The van der Waals surface area contributed by atoms with Gasteiger partial charge in [0.05, 0.1) is 17.0 Å². The summed E-state index contributed by atoms with van der Waals surface area (Å²) < 4.78 is 51.5. The molecule has 0 aromatic heterocycles. The summed E-state index contributed by atoms with van der Waals surface area (Å²) in [4.78, 5) is 25.4. The van der Waals surface area contributed by atoms with Crippen molar-refractivity contribution in [3.05, 3.63) is 69.9 Å². The smallest absolute Gasteiger partial charge is 0.416 e. The number of thioether (sulfide) groups is 1. The van der Waals surface area contributed by atoms with Gasteiger partial charge in [-0.05, 0) is 53.2 Å². The first-order chi connectivity index (χ1) is 12.6. The van der Waals surface area contributed by atoms with E-state index in [9.17, 15) is 32.3 Å². The Morgan fingerprint density at radius 3 is 2.52 bits per heavy atom. The van der Waals surface area contributed by atoms with E-state index in [0.29, 0.717) is 17.3 Å². The van der Waals surface area contributed by atoms with Crippen LogP contribution in [0.3, 0.4) is 0 Å². The molecule has 1 saturated heterocycles. The van der Waals surface area contributed by atoms with Crippen molar-refractivity contribution in [1.82, 2.24) is 4.90 Å². The third-order valence-electron chi connectivity index (χ3n) is 3.74. The van der Waals surface area contributed by atoms with Gasteiger partial charge >= 0.3 is 6.18 Å². The Balaban J connectivity index is 1.82. The second-order valence-corrected chi connectivity index (χ2v) is 6.67. The number of benzene rings is 2. The number of imide groups is 1. The van der Waals surface area contributed by atoms with E-state index < -0.39 is 34.5 Å². The van der Waals surface area contributed by atoms with Crippen molar-refractivity contribution in [2.75, 3.05) is 0 Å². The Bertz CT molecular complexity index is 956. The minimum atomic E-state index is -4.53. The topological polar surface area (TPSA) is 57.6 Å². The Labute approximate surface area is 155 Å². The maximum atomic E-state index is 13.1. The molecule has 0 unspecified atom stereocenters. The van der Waals surface area contributed by atoms with Crippen LogP contribution in [-0.2, 0) is 17.5 Å². The number of carbonyl (C=O) groups excluding carboxylic acids is 2. The molecule has 3 rings (SSSR count). The Hall–Kier alpha value is -2.81. The number of carbonyl (C=O) groups is 2. The van der Waals surface area contributed by atoms with E-state index in [1.807, 2.05) is 0 Å². The lowest BCUT2D eigenvalue weighted by Gasteiger charge is -2.14. The molecular formula is C18H11F4NO3S. The van der Waals surface area contributed by atoms with E-state index in [4.69, 9.17) is 0 Å². The van der Waals surface area contributed by atoms with E-state index in [0.717, 1.165) is 29.2 Å². The van der Waals surface area contributed by atoms with Crippen molar-refractivity contribution in [3.8, 4) is 5.75 Å². The molecule has 0 bridgehead atoms. The first kappa shape index (κ1) is 19.0. The molecule has 4 nitrogen and oxygen atoms in total. The average Bonchev–Trinajstić information content (AvgIpc) is 2.85. The van der Waals surface area contributed by atoms with Crippen LogP contribution in [0, 0.1) is 5.82 Å². The largest absolute Gasteiger partial charge is 0.505 e. The van der Waals surface area contributed by atoms with Gasteiger partial charge in [-0.3, -0.25) is 14.5 Å². The monoisotopic (exact) mass is 397 g/mol. The lowest BCUT2D eigenvalue weighted by Crippen LogP contribution is -2.27. The Morgan fingerprint density at radius 2 is 1.85 bits per heavy atom. The molecule has 2 aromatic rings. The molecule has 0 atom stereocenters. The molecule has 27 heavy (non-hydrogen) atoms. The number of amides is 2. The number of alkyl halides is 3. The molecule has 2 amide bonds. The second kappa shape index (κ2) is 7.07. The maximum Gasteiger partial charge on any atom is 0.416 e. The molecule has 1 N–H and O–H groups in total. The van der Waals surface area contributed by atoms with Gasteiger partial charge in [0.1, 0.15) is 0 Å². The van der Waals surface area contributed by atoms with Gasteiger partial charge in [0.2, 0.25) is 0 Å². The van der Waals surface area contributed by atoms with Crippen LogP contribution in [0.15, 0.2) is 47.4 Å². The van der Waals surface area contributed by atoms with Crippen LogP contribution in [0.1, 0.15) is 16.7 Å². The number of phenolic OH excluding ortho intramolecular Hbond substituents is 1. The first-order valence-electron chi connectivity index (χ1n) is 7.55. The van der Waals surface area contributed by atoms with Gasteiger partial charge in [0.25, 0.3) is 11.1 Å². The van der Waals surface area contributed by atoms with Gasteiger partial charge in [-0.2, -0.15) is 13.2 Å². The second-order valence-electron chi connectivity index (χ2n) is 5.68. The predicted octanol–water partition coefficient (Wildman–Crippen LogP) is 4.79. The number of aromatic hydroxyl groups is 1. The summed E-state index contributed by atoms with van der Waals surface area (Å²) in [6.45, 7) is -0.305. The number of rotatable bonds is 3. The van der Waals surface area contributed by atoms with Gasteiger partial charge in [-0.25, -0.2) is 4.39 Å². The van der Waals surface area contributed by atoms with E-state index in [-0.39, 0.29) is 17.0 Å². The van der Waals surface area contributed by atoms with Crippen LogP contribution in [0.25, 0.3) is 6.08 Å². The highest BCUT2D eigenvalue weighted by atomic mass is 32.2. The lowest BCUT2D eigenvalue weighted by atomic mass is 10.1. The summed E-state index contributed by atoms with van der Waals surface area (Å²) >= 11 is 0.617. The molecule has 9 heteroatoms. The maximum absolute atomic E-state index is 13.1. The van der Waals surface area contributed by atoms with Crippen LogP contribution in [0.5, 0.6) is 5.75 Å². The van der Waals surface area contributed by atoms with Crippen LogP contribution in [0.2, 0.25) is 0 Å². The third kappa shape index (κ3) is 4.13. The number of hydrogen-bond donors (Lipinski definition) is 1. The molecule has 1 fully saturated rings. The summed E-state index contributed by atoms with van der Waals surface area (Å²) in [5, 5.41) is 8.74. The van der Waals surface area contributed by atoms with Gasteiger partial charge < -0.3 is 5.11 Å². The minimum Gasteiger partial charge on any atom is -0.505 e. The third-order valence-corrected chi connectivity index (χ3v) is 4.64. The molecule has 0 saturated carbocycles. The molecular weight excluding hydrogens is 386 g/mol. The van der Waals surface area contributed by atoms with Crippen molar-refractivity contribution in [1.29, 1.82) is 0 Å². The quantitative estimate of drug-likeness (QED) is 0.598. The normalized spacial score (nSPS) is 16.4. The average molecular weight is 397 g/mol. The van der Waals surface area contributed by atoms with Crippen molar-refractivity contribution in [2.24, 2.45) is 0 Å². The summed E-state index contributed by atoms with van der Waals surface area (Å²) in [6, 6.07) is 7.79. The standard InChI is InChI=1S/C18H11F4NO3S/c19-13-5-4-10(7-14(13)24)8-15-16(25)23(17(26)27-15)9-11-2-1-3-12(6-11)18(20,21)22/h1-8,24H,9H2. The fourth-order valence-electron chi connectivity index (χ4n) is 2.44. The van der Waals surface area contributed by atoms with Crippen molar-refractivity contribution < 1.29 is 32.3 Å². The highest BCUT2D eigenvalue weighted by Gasteiger charge is 2.36. The fourth-order valence-corrected chi connectivity index (χ4v) is 3.27. The molecule has 0 aliphatic carbocycles. The number of halogens is 4. The highest BCUT2D eigenvalue weighted by molar-refractivity contribution is 8.18. The summed E-state index contributed by atoms with van der Waals surface area (Å²) in [7, 11) is 0. The van der Waals surface area contributed by atoms with Crippen LogP contribution >= 0.6 is 11.8 Å². The lowest BCUT2D eigenvalue weighted by molar-refractivity contribution is -0.137. The number of phenols is 1. The van der Waals surface area contributed by atoms with Gasteiger partial charge in [-0.1, -0.05) is 18.2 Å². The van der Waals surface area contributed by atoms with E-state index >= 15 is 0 Å². The van der Waals surface area contributed by atoms with Gasteiger partial charge in [0, 0.05) is 0 Å². The van der Waals surface area contributed by atoms with E-state index in [2.05, 4.69) is 0 Å². The van der Waals surface area contributed by atoms with Crippen molar-refractivity contribution in [3.63, 3.8) is 0 Å². The molecule has 2 aromatic carbocycles. The van der Waals surface area contributed by atoms with Crippen LogP contribution in [-0.4, -0.2) is 21.2 Å². The van der Waals surface area contributed by atoms with Crippen LogP contribution < -0.4 is 0 Å². The molecule has 1 heterocycles.